The smallest absolute Gasteiger partial charge is 0.262 e. The quantitative estimate of drug-likeness (QED) is 0.372. The van der Waals surface area contributed by atoms with E-state index in [1.54, 1.807) is 0 Å². The second-order valence-electron chi connectivity index (χ2n) is 6.99. The average Bonchev–Trinajstić information content (AvgIpc) is 3.42. The standard InChI is InChI=1S/C21H18N4O2S/c1-13-5-4-6-14(11-13)19-23-18(27-24-19)12-28-21-22-17-8-3-2-7-16(17)20(26)25(21)15-9-10-15/h2-8,11,15H,9-10,12H2,1H3. The van der Waals surface area contributed by atoms with Gasteiger partial charge < -0.3 is 4.52 Å². The highest BCUT2D eigenvalue weighted by molar-refractivity contribution is 7.98. The van der Waals surface area contributed by atoms with Gasteiger partial charge in [-0.15, -0.1) is 0 Å². The van der Waals surface area contributed by atoms with Crippen molar-refractivity contribution >= 4 is 22.7 Å². The van der Waals surface area contributed by atoms with E-state index in [-0.39, 0.29) is 11.6 Å². The van der Waals surface area contributed by atoms with Crippen LogP contribution in [0.25, 0.3) is 22.3 Å². The molecule has 1 saturated carbocycles. The lowest BCUT2D eigenvalue weighted by Crippen LogP contribution is -2.22. The molecular weight excluding hydrogens is 372 g/mol. The fourth-order valence-electron chi connectivity index (χ4n) is 3.22. The van der Waals surface area contributed by atoms with Gasteiger partial charge in [-0.1, -0.05) is 52.8 Å². The molecule has 5 rings (SSSR count). The molecule has 1 aliphatic rings. The number of aryl methyl sites for hydroxylation is 1. The highest BCUT2D eigenvalue weighted by Gasteiger charge is 2.28. The molecule has 1 fully saturated rings. The van der Waals surface area contributed by atoms with E-state index in [2.05, 4.69) is 10.1 Å². The van der Waals surface area contributed by atoms with E-state index in [4.69, 9.17) is 9.51 Å². The first-order valence-electron chi connectivity index (χ1n) is 9.23. The summed E-state index contributed by atoms with van der Waals surface area (Å²) in [4.78, 5) is 22.1. The molecule has 2 aromatic heterocycles. The lowest BCUT2D eigenvalue weighted by Gasteiger charge is -2.11. The molecule has 28 heavy (non-hydrogen) atoms. The molecule has 2 heterocycles. The summed E-state index contributed by atoms with van der Waals surface area (Å²) in [5.74, 6) is 1.56. The van der Waals surface area contributed by atoms with Crippen LogP contribution in [0.2, 0.25) is 0 Å². The predicted molar refractivity (Wildman–Crippen MR) is 108 cm³/mol. The maximum absolute atomic E-state index is 12.9. The highest BCUT2D eigenvalue weighted by Crippen LogP contribution is 2.37. The summed E-state index contributed by atoms with van der Waals surface area (Å²) in [6, 6.07) is 15.7. The number of para-hydroxylation sites is 1. The zero-order valence-electron chi connectivity index (χ0n) is 15.3. The molecule has 140 valence electrons. The molecular formula is C21H18N4O2S. The summed E-state index contributed by atoms with van der Waals surface area (Å²) >= 11 is 1.46. The molecule has 6 nitrogen and oxygen atoms in total. The van der Waals surface area contributed by atoms with E-state index in [0.717, 1.165) is 29.5 Å². The van der Waals surface area contributed by atoms with E-state index in [1.807, 2.05) is 60.0 Å². The predicted octanol–water partition coefficient (Wildman–Crippen LogP) is 4.38. The molecule has 0 unspecified atom stereocenters. The van der Waals surface area contributed by atoms with Crippen molar-refractivity contribution in [2.75, 3.05) is 0 Å². The minimum absolute atomic E-state index is 0.0292. The van der Waals surface area contributed by atoms with Crippen molar-refractivity contribution in [2.45, 2.75) is 36.7 Å². The Hall–Kier alpha value is -2.93. The maximum Gasteiger partial charge on any atom is 0.262 e. The molecule has 0 bridgehead atoms. The number of aromatic nitrogens is 4. The summed E-state index contributed by atoms with van der Waals surface area (Å²) in [6.45, 7) is 2.03. The van der Waals surface area contributed by atoms with Crippen LogP contribution in [0.5, 0.6) is 0 Å². The zero-order valence-corrected chi connectivity index (χ0v) is 16.1. The van der Waals surface area contributed by atoms with Gasteiger partial charge in [0.05, 0.1) is 16.7 Å². The third-order valence-corrected chi connectivity index (χ3v) is 5.69. The fraction of sp³-hybridized carbons (Fsp3) is 0.238. The third kappa shape index (κ3) is 3.22. The van der Waals surface area contributed by atoms with E-state index in [9.17, 15) is 4.79 Å². The van der Waals surface area contributed by atoms with Crippen molar-refractivity contribution in [1.29, 1.82) is 0 Å². The van der Waals surface area contributed by atoms with Gasteiger partial charge in [0.15, 0.2) is 5.16 Å². The monoisotopic (exact) mass is 390 g/mol. The van der Waals surface area contributed by atoms with Crippen LogP contribution in [0.1, 0.15) is 30.3 Å². The van der Waals surface area contributed by atoms with Crippen LogP contribution in [0.15, 0.2) is 63.0 Å². The molecule has 0 amide bonds. The van der Waals surface area contributed by atoms with E-state index in [1.165, 1.54) is 11.8 Å². The molecule has 0 N–H and O–H groups in total. The van der Waals surface area contributed by atoms with Gasteiger partial charge >= 0.3 is 0 Å². The molecule has 7 heteroatoms. The number of fused-ring (bicyclic) bond motifs is 1. The van der Waals surface area contributed by atoms with Gasteiger partial charge in [0.25, 0.3) is 5.56 Å². The van der Waals surface area contributed by atoms with Gasteiger partial charge in [-0.2, -0.15) is 4.98 Å². The number of rotatable bonds is 5. The molecule has 0 atom stereocenters. The van der Waals surface area contributed by atoms with Crippen LogP contribution in [0.4, 0.5) is 0 Å². The Labute approximate surface area is 165 Å². The number of nitrogens with zero attached hydrogens (tertiary/aromatic N) is 4. The summed E-state index contributed by atoms with van der Waals surface area (Å²) in [5.41, 5.74) is 2.82. The van der Waals surface area contributed by atoms with Gasteiger partial charge in [0.2, 0.25) is 11.7 Å². The first kappa shape index (κ1) is 17.2. The Bertz CT molecular complexity index is 1230. The molecule has 2 aromatic carbocycles. The Morgan fingerprint density at radius 1 is 1.14 bits per heavy atom. The normalized spacial score (nSPS) is 13.9. The Morgan fingerprint density at radius 3 is 2.82 bits per heavy atom. The second-order valence-corrected chi connectivity index (χ2v) is 7.93. The molecule has 0 saturated heterocycles. The van der Waals surface area contributed by atoms with Gasteiger partial charge in [-0.3, -0.25) is 9.36 Å². The molecule has 0 aliphatic heterocycles. The van der Waals surface area contributed by atoms with Crippen molar-refractivity contribution in [3.8, 4) is 11.4 Å². The Morgan fingerprint density at radius 2 is 2.00 bits per heavy atom. The third-order valence-electron chi connectivity index (χ3n) is 4.76. The van der Waals surface area contributed by atoms with Gasteiger partial charge in [0, 0.05) is 11.6 Å². The van der Waals surface area contributed by atoms with Crippen LogP contribution < -0.4 is 5.56 Å². The van der Waals surface area contributed by atoms with Crippen LogP contribution >= 0.6 is 11.8 Å². The highest BCUT2D eigenvalue weighted by atomic mass is 32.2. The summed E-state index contributed by atoms with van der Waals surface area (Å²) in [6.07, 6.45) is 2.04. The first-order chi connectivity index (χ1) is 13.7. The average molecular weight is 390 g/mol. The van der Waals surface area contributed by atoms with Crippen LogP contribution in [0, 0.1) is 6.92 Å². The topological polar surface area (TPSA) is 73.8 Å². The summed E-state index contributed by atoms with van der Waals surface area (Å²) in [7, 11) is 0. The van der Waals surface area contributed by atoms with Crippen molar-refractivity contribution in [1.82, 2.24) is 19.7 Å². The molecule has 1 aliphatic carbocycles. The summed E-state index contributed by atoms with van der Waals surface area (Å²) < 4.78 is 7.24. The van der Waals surface area contributed by atoms with E-state index < -0.39 is 0 Å². The van der Waals surface area contributed by atoms with Crippen LogP contribution in [0.3, 0.4) is 0 Å². The number of benzene rings is 2. The van der Waals surface area contributed by atoms with Gasteiger partial charge in [0.1, 0.15) is 0 Å². The van der Waals surface area contributed by atoms with E-state index >= 15 is 0 Å². The minimum Gasteiger partial charge on any atom is -0.338 e. The number of thioether (sulfide) groups is 1. The van der Waals surface area contributed by atoms with Crippen molar-refractivity contribution < 1.29 is 4.52 Å². The first-order valence-corrected chi connectivity index (χ1v) is 10.2. The molecule has 0 spiro atoms. The van der Waals surface area contributed by atoms with Crippen molar-refractivity contribution in [2.24, 2.45) is 0 Å². The van der Waals surface area contributed by atoms with E-state index in [0.29, 0.717) is 28.0 Å². The lowest BCUT2D eigenvalue weighted by atomic mass is 10.1. The largest absolute Gasteiger partial charge is 0.338 e. The van der Waals surface area contributed by atoms with Crippen LogP contribution in [-0.2, 0) is 5.75 Å². The van der Waals surface area contributed by atoms with Gasteiger partial charge in [-0.05, 0) is 38.0 Å². The fourth-order valence-corrected chi connectivity index (χ4v) is 4.13. The molecule has 4 aromatic rings. The maximum atomic E-state index is 12.9. The van der Waals surface area contributed by atoms with Crippen molar-refractivity contribution in [3.05, 3.63) is 70.3 Å². The summed E-state index contributed by atoms with van der Waals surface area (Å²) in [5, 5.41) is 5.46. The van der Waals surface area contributed by atoms with Crippen molar-refractivity contribution in [3.63, 3.8) is 0 Å². The zero-order chi connectivity index (χ0) is 19.1. The number of hydrogen-bond acceptors (Lipinski definition) is 6. The second kappa shape index (κ2) is 6.91. The minimum atomic E-state index is 0.0292. The Kier molecular flexibility index (Phi) is 4.24. The van der Waals surface area contributed by atoms with Gasteiger partial charge in [-0.25, -0.2) is 4.98 Å². The van der Waals surface area contributed by atoms with Crippen LogP contribution in [-0.4, -0.2) is 19.7 Å². The lowest BCUT2D eigenvalue weighted by molar-refractivity contribution is 0.391. The Balaban J connectivity index is 1.44. The SMILES string of the molecule is Cc1cccc(-c2noc(CSc3nc4ccccc4c(=O)n3C3CC3)n2)c1. The molecule has 0 radical (unpaired) electrons. The number of hydrogen-bond donors (Lipinski definition) is 0.